The van der Waals surface area contributed by atoms with Crippen LogP contribution < -0.4 is 0 Å². The summed E-state index contributed by atoms with van der Waals surface area (Å²) >= 11 is 0. The van der Waals surface area contributed by atoms with E-state index >= 15 is 0 Å². The van der Waals surface area contributed by atoms with Gasteiger partial charge in [-0.3, -0.25) is 9.98 Å². The Bertz CT molecular complexity index is 209. The number of hydrogen-bond acceptors (Lipinski definition) is 2. The van der Waals surface area contributed by atoms with Gasteiger partial charge in [0, 0.05) is 18.1 Å². The van der Waals surface area contributed by atoms with Gasteiger partial charge in [-0.2, -0.15) is 0 Å². The van der Waals surface area contributed by atoms with Gasteiger partial charge in [-0.15, -0.1) is 0 Å². The minimum absolute atomic E-state index is 0.131. The Morgan fingerprint density at radius 3 is 2.80 bits per heavy atom. The summed E-state index contributed by atoms with van der Waals surface area (Å²) in [5.41, 5.74) is 0.878. The first kappa shape index (κ1) is 7.19. The lowest BCUT2D eigenvalue weighted by Crippen LogP contribution is -2.17. The summed E-state index contributed by atoms with van der Waals surface area (Å²) in [6.07, 6.45) is 5.58. The Morgan fingerprint density at radius 1 is 1.40 bits per heavy atom. The summed E-state index contributed by atoms with van der Waals surface area (Å²) in [5, 5.41) is 0. The van der Waals surface area contributed by atoms with Crippen LogP contribution in [0.15, 0.2) is 21.8 Å². The fourth-order valence-electron chi connectivity index (χ4n) is 0.673. The molecular weight excluding hydrogens is 124 g/mol. The van der Waals surface area contributed by atoms with E-state index in [0.29, 0.717) is 0 Å². The Kier molecular flexibility index (Phi) is 1.70. The molecule has 0 aromatic carbocycles. The molecule has 0 aromatic heterocycles. The molecule has 0 amide bonds. The normalized spacial score (nSPS) is 22.1. The topological polar surface area (TPSA) is 24.7 Å². The first-order chi connectivity index (χ1) is 4.60. The highest BCUT2D eigenvalue weighted by molar-refractivity contribution is 5.81. The summed E-state index contributed by atoms with van der Waals surface area (Å²) in [5.74, 6) is 0. The molecule has 0 saturated carbocycles. The molecule has 1 heterocycles. The van der Waals surface area contributed by atoms with Crippen molar-refractivity contribution in [2.45, 2.75) is 26.3 Å². The molecule has 0 N–H and O–H groups in total. The lowest BCUT2D eigenvalue weighted by atomic mass is 10.1. The standard InChI is InChI=1S/C8H12N2/c1-7-4-5-10-8(2,3)6-9-7/h4-6H,1-3H3. The van der Waals surface area contributed by atoms with Crippen LogP contribution in [0.2, 0.25) is 0 Å². The highest BCUT2D eigenvalue weighted by atomic mass is 14.9. The van der Waals surface area contributed by atoms with Gasteiger partial charge in [0.1, 0.15) is 0 Å². The average molecular weight is 136 g/mol. The molecular formula is C8H12N2. The van der Waals surface area contributed by atoms with Crippen LogP contribution in [-0.2, 0) is 0 Å². The highest BCUT2D eigenvalue weighted by Crippen LogP contribution is 2.08. The molecule has 2 nitrogen and oxygen atoms in total. The van der Waals surface area contributed by atoms with Crippen LogP contribution >= 0.6 is 0 Å². The minimum Gasteiger partial charge on any atom is -0.281 e. The molecule has 0 bridgehead atoms. The number of aliphatic imine (C=N–C) groups is 2. The van der Waals surface area contributed by atoms with Gasteiger partial charge in [0.15, 0.2) is 0 Å². The van der Waals surface area contributed by atoms with Crippen molar-refractivity contribution in [3.05, 3.63) is 11.8 Å². The molecule has 0 spiro atoms. The third kappa shape index (κ3) is 1.79. The van der Waals surface area contributed by atoms with Crippen molar-refractivity contribution in [3.63, 3.8) is 0 Å². The van der Waals surface area contributed by atoms with Gasteiger partial charge in [-0.25, -0.2) is 0 Å². The first-order valence-corrected chi connectivity index (χ1v) is 3.37. The lowest BCUT2D eigenvalue weighted by molar-refractivity contribution is 0.722. The summed E-state index contributed by atoms with van der Waals surface area (Å²) in [6.45, 7) is 6.02. The Labute approximate surface area is 61.4 Å². The van der Waals surface area contributed by atoms with Gasteiger partial charge in [-0.05, 0) is 26.8 Å². The maximum absolute atomic E-state index is 4.26. The van der Waals surface area contributed by atoms with Gasteiger partial charge in [0.25, 0.3) is 0 Å². The van der Waals surface area contributed by atoms with Crippen LogP contribution in [0.1, 0.15) is 20.8 Å². The summed E-state index contributed by atoms with van der Waals surface area (Å²) in [4.78, 5) is 8.44. The molecule has 0 aromatic rings. The van der Waals surface area contributed by atoms with Crippen LogP contribution in [0.5, 0.6) is 0 Å². The first-order valence-electron chi connectivity index (χ1n) is 3.37. The zero-order chi connectivity index (χ0) is 7.61. The Hall–Kier alpha value is -0.920. The molecule has 1 aliphatic heterocycles. The quantitative estimate of drug-likeness (QED) is 0.485. The fourth-order valence-corrected chi connectivity index (χ4v) is 0.673. The van der Waals surface area contributed by atoms with E-state index in [0.717, 1.165) is 5.70 Å². The Balaban J connectivity index is 2.88. The van der Waals surface area contributed by atoms with Crippen molar-refractivity contribution in [2.75, 3.05) is 0 Å². The minimum atomic E-state index is -0.131. The summed E-state index contributed by atoms with van der Waals surface area (Å²) < 4.78 is 0. The van der Waals surface area contributed by atoms with Crippen molar-refractivity contribution in [1.29, 1.82) is 0 Å². The van der Waals surface area contributed by atoms with E-state index in [4.69, 9.17) is 0 Å². The van der Waals surface area contributed by atoms with Crippen LogP contribution in [0.3, 0.4) is 0 Å². The van der Waals surface area contributed by atoms with Gasteiger partial charge in [-0.1, -0.05) is 0 Å². The van der Waals surface area contributed by atoms with E-state index in [1.54, 1.807) is 0 Å². The van der Waals surface area contributed by atoms with E-state index in [2.05, 4.69) is 9.98 Å². The SMILES string of the molecule is CC1=CC=NC(C)(C)C=N1. The fraction of sp³-hybridized carbons (Fsp3) is 0.500. The molecule has 10 heavy (non-hydrogen) atoms. The molecule has 0 radical (unpaired) electrons. The third-order valence-electron chi connectivity index (χ3n) is 1.31. The van der Waals surface area contributed by atoms with Crippen LogP contribution in [0.25, 0.3) is 0 Å². The Morgan fingerprint density at radius 2 is 2.10 bits per heavy atom. The zero-order valence-corrected chi connectivity index (χ0v) is 6.63. The summed E-state index contributed by atoms with van der Waals surface area (Å²) in [6, 6.07) is 0. The number of hydrogen-bond donors (Lipinski definition) is 0. The number of rotatable bonds is 0. The van der Waals surface area contributed by atoms with E-state index in [1.165, 1.54) is 0 Å². The monoisotopic (exact) mass is 136 g/mol. The van der Waals surface area contributed by atoms with Crippen LogP contribution in [0.4, 0.5) is 0 Å². The molecule has 0 atom stereocenters. The molecule has 0 unspecified atom stereocenters. The summed E-state index contributed by atoms with van der Waals surface area (Å²) in [7, 11) is 0. The third-order valence-corrected chi connectivity index (χ3v) is 1.31. The van der Waals surface area contributed by atoms with Crippen molar-refractivity contribution in [3.8, 4) is 0 Å². The van der Waals surface area contributed by atoms with Crippen molar-refractivity contribution < 1.29 is 0 Å². The van der Waals surface area contributed by atoms with Gasteiger partial charge in [0.2, 0.25) is 0 Å². The highest BCUT2D eigenvalue weighted by Gasteiger charge is 2.11. The maximum Gasteiger partial charge on any atom is 0.0901 e. The molecule has 0 fully saturated rings. The zero-order valence-electron chi connectivity index (χ0n) is 6.63. The van der Waals surface area contributed by atoms with Gasteiger partial charge in [0.05, 0.1) is 5.54 Å². The van der Waals surface area contributed by atoms with E-state index in [-0.39, 0.29) is 5.54 Å². The second kappa shape index (κ2) is 2.37. The predicted octanol–water partition coefficient (Wildman–Crippen LogP) is 1.82. The van der Waals surface area contributed by atoms with Gasteiger partial charge >= 0.3 is 0 Å². The van der Waals surface area contributed by atoms with Gasteiger partial charge < -0.3 is 0 Å². The molecule has 0 saturated heterocycles. The van der Waals surface area contributed by atoms with E-state index in [9.17, 15) is 0 Å². The largest absolute Gasteiger partial charge is 0.281 e. The second-order valence-corrected chi connectivity index (χ2v) is 3.00. The van der Waals surface area contributed by atoms with Crippen LogP contribution in [-0.4, -0.2) is 18.0 Å². The molecule has 0 aliphatic carbocycles. The lowest BCUT2D eigenvalue weighted by Gasteiger charge is -2.10. The van der Waals surface area contributed by atoms with Crippen molar-refractivity contribution in [1.82, 2.24) is 0 Å². The van der Waals surface area contributed by atoms with Crippen molar-refractivity contribution in [2.24, 2.45) is 9.98 Å². The van der Waals surface area contributed by atoms with E-state index in [1.807, 2.05) is 39.3 Å². The smallest absolute Gasteiger partial charge is 0.0901 e. The molecule has 1 rings (SSSR count). The molecule has 1 aliphatic rings. The number of nitrogens with zero attached hydrogens (tertiary/aromatic N) is 2. The molecule has 2 heteroatoms. The van der Waals surface area contributed by atoms with Crippen LogP contribution in [0, 0.1) is 0 Å². The van der Waals surface area contributed by atoms with E-state index < -0.39 is 0 Å². The van der Waals surface area contributed by atoms with Crippen molar-refractivity contribution >= 4 is 12.4 Å². The number of allylic oxidation sites excluding steroid dienone is 2. The average Bonchev–Trinajstić information content (AvgIpc) is 1.94. The predicted molar refractivity (Wildman–Crippen MR) is 44.8 cm³/mol. The molecule has 54 valence electrons. The maximum atomic E-state index is 4.26. The second-order valence-electron chi connectivity index (χ2n) is 3.00.